The third-order valence-corrected chi connectivity index (χ3v) is 6.08. The lowest BCUT2D eigenvalue weighted by Gasteiger charge is -2.30. The molecule has 1 saturated heterocycles. The lowest BCUT2D eigenvalue weighted by Crippen LogP contribution is -2.39. The third kappa shape index (κ3) is 4.83. The van der Waals surface area contributed by atoms with Gasteiger partial charge in [0.15, 0.2) is 5.65 Å². The van der Waals surface area contributed by atoms with Gasteiger partial charge in [0.25, 0.3) is 0 Å². The second-order valence-electron chi connectivity index (χ2n) is 8.56. The molecule has 4 heterocycles. The largest absolute Gasteiger partial charge is 0.469 e. The zero-order valence-electron chi connectivity index (χ0n) is 18.1. The first-order chi connectivity index (χ1) is 16.6. The molecule has 0 amide bonds. The van der Waals surface area contributed by atoms with Gasteiger partial charge in [0.05, 0.1) is 13.2 Å². The predicted molar refractivity (Wildman–Crippen MR) is 109 cm³/mol. The number of hydrogen-bond donors (Lipinski definition) is 1. The van der Waals surface area contributed by atoms with Crippen molar-refractivity contribution in [3.05, 3.63) is 41.5 Å². The molecular weight excluding hydrogens is 482 g/mol. The molecule has 1 aliphatic carbocycles. The molecule has 35 heavy (non-hydrogen) atoms. The van der Waals surface area contributed by atoms with E-state index in [2.05, 4.69) is 25.5 Å². The molecule has 2 atom stereocenters. The Morgan fingerprint density at radius 2 is 1.80 bits per heavy atom. The van der Waals surface area contributed by atoms with Crippen LogP contribution in [0.4, 0.5) is 32.3 Å². The van der Waals surface area contributed by atoms with E-state index in [0.717, 1.165) is 12.5 Å². The average molecular weight is 502 g/mol. The minimum atomic E-state index is -4.68. The van der Waals surface area contributed by atoms with Gasteiger partial charge in [0, 0.05) is 24.4 Å². The van der Waals surface area contributed by atoms with Crippen molar-refractivity contribution in [2.45, 2.75) is 56.1 Å². The summed E-state index contributed by atoms with van der Waals surface area (Å²) in [6.45, 7) is 0.355. The molecule has 3 aromatic heterocycles. The molecule has 5 rings (SSSR count). The van der Waals surface area contributed by atoms with E-state index >= 15 is 0 Å². The highest BCUT2D eigenvalue weighted by molar-refractivity contribution is 5.49. The molecule has 1 N–H and O–H groups in total. The highest BCUT2D eigenvalue weighted by Crippen LogP contribution is 2.38. The van der Waals surface area contributed by atoms with E-state index in [-0.39, 0.29) is 36.8 Å². The standard InChI is InChI=1S/C21H20F6N6O2/c22-20(23,24)14-5-2-6-33-16(31-32-17(14)33)11-3-1-4-12(7-11)29-19-28-8-15(21(25,26)27)18(30-19)35-13-9-34-10-13/h2,5-6,8,11-13H,1,3-4,7,9-10H2,(H,28,29,30)/t11-,12+/m0/s1. The summed E-state index contributed by atoms with van der Waals surface area (Å²) in [5.41, 5.74) is -2.21. The molecule has 3 aromatic rings. The number of fused-ring (bicyclic) bond motifs is 1. The van der Waals surface area contributed by atoms with E-state index in [9.17, 15) is 26.3 Å². The van der Waals surface area contributed by atoms with E-state index in [1.165, 1.54) is 16.7 Å². The van der Waals surface area contributed by atoms with E-state index in [1.807, 2.05) is 0 Å². The monoisotopic (exact) mass is 502 g/mol. The first-order valence-electron chi connectivity index (χ1n) is 11.0. The first-order valence-corrected chi connectivity index (χ1v) is 11.0. The number of anilines is 1. The van der Waals surface area contributed by atoms with Crippen LogP contribution in [0.25, 0.3) is 5.65 Å². The van der Waals surface area contributed by atoms with Crippen molar-refractivity contribution < 1.29 is 35.8 Å². The number of hydrogen-bond acceptors (Lipinski definition) is 7. The normalized spacial score (nSPS) is 21.7. The van der Waals surface area contributed by atoms with Crippen LogP contribution in [0.2, 0.25) is 0 Å². The van der Waals surface area contributed by atoms with Crippen molar-refractivity contribution in [3.63, 3.8) is 0 Å². The maximum absolute atomic E-state index is 13.4. The van der Waals surface area contributed by atoms with Crippen molar-refractivity contribution in [1.82, 2.24) is 24.6 Å². The molecule has 0 unspecified atom stereocenters. The molecule has 2 aliphatic rings. The second-order valence-corrected chi connectivity index (χ2v) is 8.56. The van der Waals surface area contributed by atoms with Crippen LogP contribution in [0.1, 0.15) is 48.6 Å². The number of nitrogens with one attached hydrogen (secondary N) is 1. The van der Waals surface area contributed by atoms with Gasteiger partial charge in [-0.2, -0.15) is 31.3 Å². The maximum atomic E-state index is 13.4. The van der Waals surface area contributed by atoms with Crippen LogP contribution >= 0.6 is 0 Å². The fourth-order valence-electron chi connectivity index (χ4n) is 4.33. The molecule has 1 aliphatic heterocycles. The summed E-state index contributed by atoms with van der Waals surface area (Å²) in [4.78, 5) is 7.77. The number of pyridine rings is 1. The molecule has 14 heteroatoms. The number of nitrogens with zero attached hydrogens (tertiary/aromatic N) is 5. The molecule has 0 radical (unpaired) electrons. The third-order valence-electron chi connectivity index (χ3n) is 6.08. The van der Waals surface area contributed by atoms with E-state index in [4.69, 9.17) is 9.47 Å². The van der Waals surface area contributed by atoms with Gasteiger partial charge in [-0.15, -0.1) is 10.2 Å². The second kappa shape index (κ2) is 8.81. The predicted octanol–water partition coefficient (Wildman–Crippen LogP) is 4.47. The van der Waals surface area contributed by atoms with Crippen molar-refractivity contribution >= 4 is 11.6 Å². The Balaban J connectivity index is 1.35. The lowest BCUT2D eigenvalue weighted by atomic mass is 9.85. The van der Waals surface area contributed by atoms with Gasteiger partial charge in [0.1, 0.15) is 23.1 Å². The van der Waals surface area contributed by atoms with Gasteiger partial charge < -0.3 is 14.8 Å². The van der Waals surface area contributed by atoms with Gasteiger partial charge in [-0.05, 0) is 31.4 Å². The fourth-order valence-corrected chi connectivity index (χ4v) is 4.33. The molecule has 2 fully saturated rings. The molecule has 0 spiro atoms. The zero-order valence-corrected chi connectivity index (χ0v) is 18.1. The van der Waals surface area contributed by atoms with Crippen LogP contribution in [0, 0.1) is 0 Å². The van der Waals surface area contributed by atoms with E-state index in [1.54, 1.807) is 0 Å². The van der Waals surface area contributed by atoms with Gasteiger partial charge in [-0.1, -0.05) is 6.42 Å². The van der Waals surface area contributed by atoms with E-state index in [0.29, 0.717) is 31.3 Å². The van der Waals surface area contributed by atoms with E-state index < -0.39 is 35.5 Å². The smallest absolute Gasteiger partial charge is 0.423 e. The van der Waals surface area contributed by atoms with Gasteiger partial charge in [-0.25, -0.2) is 4.98 Å². The molecule has 8 nitrogen and oxygen atoms in total. The van der Waals surface area contributed by atoms with Gasteiger partial charge in [-0.3, -0.25) is 4.40 Å². The molecule has 188 valence electrons. The van der Waals surface area contributed by atoms with Crippen LogP contribution in [0.15, 0.2) is 24.5 Å². The highest BCUT2D eigenvalue weighted by atomic mass is 19.4. The van der Waals surface area contributed by atoms with Crippen LogP contribution in [-0.2, 0) is 17.1 Å². The van der Waals surface area contributed by atoms with Crippen LogP contribution in [-0.4, -0.2) is 49.9 Å². The Kier molecular flexibility index (Phi) is 5.93. The molecular formula is C21H20F6N6O2. The minimum absolute atomic E-state index is 0.0237. The highest BCUT2D eigenvalue weighted by Gasteiger charge is 2.38. The summed E-state index contributed by atoms with van der Waals surface area (Å²) in [5, 5.41) is 10.8. The molecule has 0 bridgehead atoms. The summed E-state index contributed by atoms with van der Waals surface area (Å²) >= 11 is 0. The number of alkyl halides is 6. The van der Waals surface area contributed by atoms with Crippen LogP contribution < -0.4 is 10.1 Å². The lowest BCUT2D eigenvalue weighted by molar-refractivity contribution is -0.142. The number of rotatable bonds is 5. The summed E-state index contributed by atoms with van der Waals surface area (Å²) in [5.74, 6) is -0.403. The SMILES string of the molecule is FC(F)(F)c1cnc(N[C@@H]2CCC[C@H](c3nnc4c(C(F)(F)F)cccn34)C2)nc1OC1COC1. The number of aromatic nitrogens is 5. The summed E-state index contributed by atoms with van der Waals surface area (Å²) in [6, 6.07) is 2.02. The Morgan fingerprint density at radius 3 is 2.49 bits per heavy atom. The Hall–Kier alpha value is -3.16. The average Bonchev–Trinajstić information content (AvgIpc) is 3.19. The minimum Gasteiger partial charge on any atom is -0.469 e. The maximum Gasteiger partial charge on any atom is 0.423 e. The van der Waals surface area contributed by atoms with Gasteiger partial charge >= 0.3 is 12.4 Å². The number of halogens is 6. The first kappa shape index (κ1) is 23.6. The molecule has 1 saturated carbocycles. The fraction of sp³-hybridized carbons (Fsp3) is 0.524. The summed E-state index contributed by atoms with van der Waals surface area (Å²) in [6.07, 6.45) is -5.04. The topological polar surface area (TPSA) is 86.5 Å². The Labute approximate surface area is 194 Å². The Morgan fingerprint density at radius 1 is 1.03 bits per heavy atom. The Bertz CT molecular complexity index is 1210. The van der Waals surface area contributed by atoms with Crippen LogP contribution in [0.3, 0.4) is 0 Å². The van der Waals surface area contributed by atoms with Crippen molar-refractivity contribution in [3.8, 4) is 5.88 Å². The van der Waals surface area contributed by atoms with Crippen molar-refractivity contribution in [1.29, 1.82) is 0 Å². The van der Waals surface area contributed by atoms with Crippen molar-refractivity contribution in [2.24, 2.45) is 0 Å². The quantitative estimate of drug-likeness (QED) is 0.515. The van der Waals surface area contributed by atoms with Crippen LogP contribution in [0.5, 0.6) is 5.88 Å². The zero-order chi connectivity index (χ0) is 24.8. The number of ether oxygens (including phenoxy) is 2. The van der Waals surface area contributed by atoms with Gasteiger partial charge in [0.2, 0.25) is 11.8 Å². The summed E-state index contributed by atoms with van der Waals surface area (Å²) in [7, 11) is 0. The van der Waals surface area contributed by atoms with Crippen molar-refractivity contribution in [2.75, 3.05) is 18.5 Å². The summed E-state index contributed by atoms with van der Waals surface area (Å²) < 4.78 is 91.7. The molecule has 0 aromatic carbocycles.